The number of alkyl halides is 3. The summed E-state index contributed by atoms with van der Waals surface area (Å²) in [5, 5.41) is 8.58. The summed E-state index contributed by atoms with van der Waals surface area (Å²) in [6.45, 7) is 1.71. The Labute approximate surface area is 157 Å². The highest BCUT2D eigenvalue weighted by molar-refractivity contribution is 5.68. The summed E-state index contributed by atoms with van der Waals surface area (Å²) in [4.78, 5) is 10.5. The lowest BCUT2D eigenvalue weighted by atomic mass is 9.99. The maximum atomic E-state index is 13.2. The first-order chi connectivity index (χ1) is 13.2. The summed E-state index contributed by atoms with van der Waals surface area (Å²) in [6, 6.07) is 13.0. The van der Waals surface area contributed by atoms with Crippen LogP contribution >= 0.6 is 0 Å². The van der Waals surface area contributed by atoms with Crippen LogP contribution in [0.5, 0.6) is 11.7 Å². The molecule has 0 atom stereocenters. The molecule has 0 spiro atoms. The molecule has 1 N–H and O–H groups in total. The number of hydrogen-bond donors (Lipinski definition) is 1. The van der Waals surface area contributed by atoms with Gasteiger partial charge >= 0.3 is 12.3 Å². The van der Waals surface area contributed by atoms with E-state index in [1.807, 2.05) is 0 Å². The smallest absolute Gasteiger partial charge is 0.489 e. The van der Waals surface area contributed by atoms with Crippen molar-refractivity contribution in [2.24, 2.45) is 0 Å². The Morgan fingerprint density at radius 2 is 1.79 bits per heavy atom. The highest BCUT2D eigenvalue weighted by Crippen LogP contribution is 2.37. The SMILES string of the molecule is Cc1oc(OC(=O)O)cc1COc1ccc(-c2ccccc2C(F)(F)F)cc1. The van der Waals surface area contributed by atoms with Gasteiger partial charge in [-0.1, -0.05) is 30.3 Å². The normalized spacial score (nSPS) is 11.3. The second kappa shape index (κ2) is 7.67. The van der Waals surface area contributed by atoms with Gasteiger partial charge in [0.25, 0.3) is 5.95 Å². The molecule has 0 bridgehead atoms. The van der Waals surface area contributed by atoms with Crippen molar-refractivity contribution in [3.63, 3.8) is 0 Å². The Morgan fingerprint density at radius 3 is 2.43 bits per heavy atom. The predicted octanol–water partition coefficient (Wildman–Crippen LogP) is 5.91. The van der Waals surface area contributed by atoms with Gasteiger partial charge in [-0.05, 0) is 36.2 Å². The van der Waals surface area contributed by atoms with Crippen molar-refractivity contribution in [2.75, 3.05) is 0 Å². The minimum atomic E-state index is -4.44. The number of rotatable bonds is 5. The number of hydrogen-bond acceptors (Lipinski definition) is 4. The van der Waals surface area contributed by atoms with E-state index in [2.05, 4.69) is 4.74 Å². The van der Waals surface area contributed by atoms with Crippen LogP contribution in [0.1, 0.15) is 16.9 Å². The molecule has 0 aliphatic carbocycles. The highest BCUT2D eigenvalue weighted by atomic mass is 19.4. The van der Waals surface area contributed by atoms with Crippen LogP contribution < -0.4 is 9.47 Å². The average molecular weight is 392 g/mol. The Hall–Kier alpha value is -3.42. The van der Waals surface area contributed by atoms with Gasteiger partial charge in [0.05, 0.1) is 5.56 Å². The highest BCUT2D eigenvalue weighted by Gasteiger charge is 2.33. The van der Waals surface area contributed by atoms with E-state index >= 15 is 0 Å². The second-order valence-corrected chi connectivity index (χ2v) is 5.87. The van der Waals surface area contributed by atoms with Crippen molar-refractivity contribution in [2.45, 2.75) is 19.7 Å². The van der Waals surface area contributed by atoms with Gasteiger partial charge in [0.15, 0.2) is 0 Å². The summed E-state index contributed by atoms with van der Waals surface area (Å²) in [5.74, 6) is 0.712. The number of aryl methyl sites for hydroxylation is 1. The Balaban J connectivity index is 1.73. The third-order valence-electron chi connectivity index (χ3n) is 3.98. The van der Waals surface area contributed by atoms with Crippen LogP contribution in [0.2, 0.25) is 0 Å². The molecule has 1 heterocycles. The molecule has 0 radical (unpaired) electrons. The monoisotopic (exact) mass is 392 g/mol. The number of carboxylic acid groups (broad SMARTS) is 1. The molecule has 1 aromatic heterocycles. The molecule has 28 heavy (non-hydrogen) atoms. The molecular weight excluding hydrogens is 377 g/mol. The summed E-state index contributed by atoms with van der Waals surface area (Å²) in [7, 11) is 0. The van der Waals surface area contributed by atoms with E-state index < -0.39 is 17.9 Å². The zero-order valence-electron chi connectivity index (χ0n) is 14.6. The molecule has 8 heteroatoms. The largest absolute Gasteiger partial charge is 0.513 e. The van der Waals surface area contributed by atoms with Crippen molar-refractivity contribution in [1.82, 2.24) is 0 Å². The average Bonchev–Trinajstić information content (AvgIpc) is 2.98. The number of halogens is 3. The van der Waals surface area contributed by atoms with Crippen LogP contribution in [0.25, 0.3) is 11.1 Å². The molecule has 146 valence electrons. The van der Waals surface area contributed by atoms with Crippen LogP contribution in [0.15, 0.2) is 59.0 Å². The van der Waals surface area contributed by atoms with Crippen molar-refractivity contribution in [3.05, 3.63) is 71.5 Å². The Morgan fingerprint density at radius 1 is 1.11 bits per heavy atom. The third kappa shape index (κ3) is 4.46. The van der Waals surface area contributed by atoms with Crippen LogP contribution in [0.3, 0.4) is 0 Å². The summed E-state index contributed by atoms with van der Waals surface area (Å²) in [5.41, 5.74) is 0.381. The predicted molar refractivity (Wildman–Crippen MR) is 93.3 cm³/mol. The molecule has 0 unspecified atom stereocenters. The number of furan rings is 1. The minimum Gasteiger partial charge on any atom is -0.489 e. The number of benzene rings is 2. The van der Waals surface area contributed by atoms with E-state index in [9.17, 15) is 18.0 Å². The molecule has 0 saturated heterocycles. The van der Waals surface area contributed by atoms with Gasteiger partial charge in [0.2, 0.25) is 0 Å². The zero-order valence-corrected chi connectivity index (χ0v) is 14.6. The molecule has 0 fully saturated rings. The molecule has 0 saturated carbocycles. The van der Waals surface area contributed by atoms with E-state index in [0.29, 0.717) is 22.6 Å². The topological polar surface area (TPSA) is 68.9 Å². The van der Waals surface area contributed by atoms with Crippen molar-refractivity contribution < 1.29 is 37.0 Å². The lowest BCUT2D eigenvalue weighted by molar-refractivity contribution is -0.137. The molecule has 5 nitrogen and oxygen atoms in total. The quantitative estimate of drug-likeness (QED) is 0.547. The Kier molecular flexibility index (Phi) is 5.30. The van der Waals surface area contributed by atoms with E-state index in [4.69, 9.17) is 14.3 Å². The number of ether oxygens (including phenoxy) is 2. The van der Waals surface area contributed by atoms with E-state index in [-0.39, 0.29) is 18.1 Å². The minimum absolute atomic E-state index is 0.0802. The molecule has 0 amide bonds. The maximum Gasteiger partial charge on any atom is 0.513 e. The van der Waals surface area contributed by atoms with Gasteiger partial charge in [-0.2, -0.15) is 13.2 Å². The van der Waals surface area contributed by atoms with Crippen LogP contribution in [0.4, 0.5) is 18.0 Å². The molecule has 0 aliphatic heterocycles. The summed E-state index contributed by atoms with van der Waals surface area (Å²) in [6.07, 6.45) is -5.93. The van der Waals surface area contributed by atoms with Gasteiger partial charge in [-0.25, -0.2) is 4.79 Å². The third-order valence-corrected chi connectivity index (χ3v) is 3.98. The van der Waals surface area contributed by atoms with Gasteiger partial charge in [-0.3, -0.25) is 0 Å². The standard InChI is InChI=1S/C20H15F3O5/c1-12-14(10-18(27-12)28-19(24)25)11-26-15-8-6-13(7-9-15)16-4-2-3-5-17(16)20(21,22)23/h2-10H,11H2,1H3,(H,24,25). The van der Waals surface area contributed by atoms with Crippen molar-refractivity contribution in [3.8, 4) is 22.8 Å². The fourth-order valence-corrected chi connectivity index (χ4v) is 2.64. The molecule has 2 aromatic carbocycles. The summed E-state index contributed by atoms with van der Waals surface area (Å²) < 4.78 is 54.7. The van der Waals surface area contributed by atoms with Crippen LogP contribution in [-0.4, -0.2) is 11.3 Å². The van der Waals surface area contributed by atoms with Crippen LogP contribution in [-0.2, 0) is 12.8 Å². The fourth-order valence-electron chi connectivity index (χ4n) is 2.64. The first-order valence-electron chi connectivity index (χ1n) is 8.13. The zero-order chi connectivity index (χ0) is 20.3. The first-order valence-corrected chi connectivity index (χ1v) is 8.13. The van der Waals surface area contributed by atoms with Gasteiger partial charge < -0.3 is 19.0 Å². The fraction of sp³-hybridized carbons (Fsp3) is 0.150. The number of carbonyl (C=O) groups is 1. The van der Waals surface area contributed by atoms with Crippen LogP contribution in [0, 0.1) is 6.92 Å². The maximum absolute atomic E-state index is 13.2. The van der Waals surface area contributed by atoms with E-state index in [1.54, 1.807) is 37.3 Å². The van der Waals surface area contributed by atoms with E-state index in [0.717, 1.165) is 6.07 Å². The summed E-state index contributed by atoms with van der Waals surface area (Å²) >= 11 is 0. The van der Waals surface area contributed by atoms with Gasteiger partial charge in [-0.15, -0.1) is 0 Å². The van der Waals surface area contributed by atoms with E-state index in [1.165, 1.54) is 18.2 Å². The molecule has 3 aromatic rings. The molecular formula is C20H15F3O5. The lowest BCUT2D eigenvalue weighted by Gasteiger charge is -2.13. The van der Waals surface area contributed by atoms with Gasteiger partial charge in [0, 0.05) is 11.6 Å². The Bertz CT molecular complexity index is 974. The second-order valence-electron chi connectivity index (χ2n) is 5.87. The molecule has 3 rings (SSSR count). The van der Waals surface area contributed by atoms with Gasteiger partial charge in [0.1, 0.15) is 18.1 Å². The molecule has 0 aliphatic rings. The lowest BCUT2D eigenvalue weighted by Crippen LogP contribution is -2.06. The van der Waals surface area contributed by atoms with Crippen molar-refractivity contribution >= 4 is 6.16 Å². The van der Waals surface area contributed by atoms with Crippen molar-refractivity contribution in [1.29, 1.82) is 0 Å². The first kappa shape index (κ1) is 19.3.